The van der Waals surface area contributed by atoms with Gasteiger partial charge in [-0.15, -0.1) is 11.3 Å². The van der Waals surface area contributed by atoms with Gasteiger partial charge in [0, 0.05) is 14.1 Å². The molecule has 0 bridgehead atoms. The molecule has 0 aliphatic rings. The Kier molecular flexibility index (Phi) is 4.80. The van der Waals surface area contributed by atoms with E-state index in [0.717, 1.165) is 10.6 Å². The van der Waals surface area contributed by atoms with Crippen molar-refractivity contribution < 1.29 is 9.42 Å². The van der Waals surface area contributed by atoms with E-state index >= 15 is 0 Å². The summed E-state index contributed by atoms with van der Waals surface area (Å²) < 4.78 is 4.64. The maximum atomic E-state index is 12.6. The van der Waals surface area contributed by atoms with Gasteiger partial charge in [-0.25, -0.2) is 9.61 Å². The van der Waals surface area contributed by atoms with E-state index < -0.39 is 0 Å². The van der Waals surface area contributed by atoms with E-state index in [1.165, 1.54) is 5.56 Å². The third-order valence-corrected chi connectivity index (χ3v) is 4.76. The Morgan fingerprint density at radius 3 is 2.68 bits per heavy atom. The fourth-order valence-electron chi connectivity index (χ4n) is 2.34. The van der Waals surface area contributed by atoms with Crippen molar-refractivity contribution in [3.8, 4) is 10.6 Å². The van der Waals surface area contributed by atoms with Crippen LogP contribution in [-0.4, -0.2) is 35.3 Å². The molecule has 1 amide bonds. The minimum atomic E-state index is -0.215. The third-order valence-electron chi connectivity index (χ3n) is 3.69. The number of hydrogen-bond acceptors (Lipinski definition) is 7. The fourth-order valence-corrected chi connectivity index (χ4v) is 3.21. The van der Waals surface area contributed by atoms with Crippen molar-refractivity contribution in [2.24, 2.45) is 0 Å². The standard InChI is InChI=1S/C17H19N5O2S/c1-10-7-15(25-9-10)13-6-5-12(16(19-13)22(3)4)17(23)18-8-14-11(2)20-24-21-14/h5-7,9H,8H2,1-4H3,(H,18,23). The summed E-state index contributed by atoms with van der Waals surface area (Å²) in [5.41, 5.74) is 3.84. The highest BCUT2D eigenvalue weighted by Gasteiger charge is 2.17. The first-order chi connectivity index (χ1) is 12.0. The molecule has 3 aromatic rings. The van der Waals surface area contributed by atoms with E-state index in [-0.39, 0.29) is 12.5 Å². The number of carbonyl (C=O) groups is 1. The Bertz CT molecular complexity index is 900. The normalized spacial score (nSPS) is 10.7. The molecule has 0 saturated heterocycles. The van der Waals surface area contributed by atoms with Gasteiger partial charge in [0.1, 0.15) is 17.2 Å². The van der Waals surface area contributed by atoms with Crippen LogP contribution in [0.4, 0.5) is 5.82 Å². The fraction of sp³-hybridized carbons (Fsp3) is 0.294. The van der Waals surface area contributed by atoms with E-state index in [4.69, 9.17) is 0 Å². The average Bonchev–Trinajstić information content (AvgIpc) is 3.20. The third kappa shape index (κ3) is 3.69. The zero-order valence-corrected chi connectivity index (χ0v) is 15.3. The van der Waals surface area contributed by atoms with Crippen molar-refractivity contribution >= 4 is 23.1 Å². The lowest BCUT2D eigenvalue weighted by molar-refractivity contribution is 0.0950. The van der Waals surface area contributed by atoms with Gasteiger partial charge < -0.3 is 10.2 Å². The molecule has 8 heteroatoms. The lowest BCUT2D eigenvalue weighted by atomic mass is 10.2. The molecular formula is C17H19N5O2S. The van der Waals surface area contributed by atoms with Crippen LogP contribution in [0.3, 0.4) is 0 Å². The van der Waals surface area contributed by atoms with E-state index in [1.54, 1.807) is 24.3 Å². The highest BCUT2D eigenvalue weighted by atomic mass is 32.1. The molecule has 7 nitrogen and oxygen atoms in total. The van der Waals surface area contributed by atoms with Gasteiger partial charge in [-0.2, -0.15) is 0 Å². The number of rotatable bonds is 5. The highest BCUT2D eigenvalue weighted by molar-refractivity contribution is 7.13. The summed E-state index contributed by atoms with van der Waals surface area (Å²) in [5, 5.41) is 12.4. The van der Waals surface area contributed by atoms with Crippen molar-refractivity contribution in [3.63, 3.8) is 0 Å². The molecule has 0 atom stereocenters. The van der Waals surface area contributed by atoms with Gasteiger partial charge in [0.15, 0.2) is 0 Å². The lowest BCUT2D eigenvalue weighted by Crippen LogP contribution is -2.26. The number of nitrogens with zero attached hydrogens (tertiary/aromatic N) is 4. The molecule has 25 heavy (non-hydrogen) atoms. The minimum absolute atomic E-state index is 0.215. The number of aromatic nitrogens is 3. The molecular weight excluding hydrogens is 338 g/mol. The topological polar surface area (TPSA) is 84.2 Å². The molecule has 3 heterocycles. The second-order valence-electron chi connectivity index (χ2n) is 5.93. The molecule has 0 saturated carbocycles. The highest BCUT2D eigenvalue weighted by Crippen LogP contribution is 2.28. The van der Waals surface area contributed by atoms with Crippen LogP contribution in [0, 0.1) is 13.8 Å². The Morgan fingerprint density at radius 2 is 2.08 bits per heavy atom. The number of carbonyl (C=O) groups excluding carboxylic acids is 1. The number of amides is 1. The molecule has 0 aliphatic carbocycles. The molecule has 0 aromatic carbocycles. The van der Waals surface area contributed by atoms with Crippen LogP contribution in [0.15, 0.2) is 28.2 Å². The summed E-state index contributed by atoms with van der Waals surface area (Å²) in [7, 11) is 3.74. The first-order valence-corrected chi connectivity index (χ1v) is 8.64. The molecule has 0 fully saturated rings. The van der Waals surface area contributed by atoms with Gasteiger partial charge in [-0.3, -0.25) is 4.79 Å². The maximum absolute atomic E-state index is 12.6. The zero-order valence-electron chi connectivity index (χ0n) is 14.5. The van der Waals surface area contributed by atoms with Crippen molar-refractivity contribution in [3.05, 3.63) is 46.1 Å². The van der Waals surface area contributed by atoms with Crippen LogP contribution in [0.5, 0.6) is 0 Å². The van der Waals surface area contributed by atoms with Crippen LogP contribution < -0.4 is 10.2 Å². The Labute approximate surface area is 149 Å². The second-order valence-corrected chi connectivity index (χ2v) is 6.84. The van der Waals surface area contributed by atoms with E-state index in [1.807, 2.05) is 25.1 Å². The van der Waals surface area contributed by atoms with E-state index in [9.17, 15) is 4.79 Å². The van der Waals surface area contributed by atoms with Crippen molar-refractivity contribution in [2.75, 3.05) is 19.0 Å². The number of anilines is 1. The summed E-state index contributed by atoms with van der Waals surface area (Å²) in [6.45, 7) is 4.09. The van der Waals surface area contributed by atoms with Crippen molar-refractivity contribution in [1.82, 2.24) is 20.6 Å². The molecule has 0 aliphatic heterocycles. The number of thiophene rings is 1. The van der Waals surface area contributed by atoms with Crippen LogP contribution in [0.25, 0.3) is 10.6 Å². The molecule has 0 spiro atoms. The molecule has 0 radical (unpaired) electrons. The lowest BCUT2D eigenvalue weighted by Gasteiger charge is -2.16. The maximum Gasteiger partial charge on any atom is 0.255 e. The summed E-state index contributed by atoms with van der Waals surface area (Å²) in [4.78, 5) is 20.2. The molecule has 0 unspecified atom stereocenters. The molecule has 130 valence electrons. The Hall–Kier alpha value is -2.74. The smallest absolute Gasteiger partial charge is 0.255 e. The summed E-state index contributed by atoms with van der Waals surface area (Å²) in [6, 6.07) is 5.76. The monoisotopic (exact) mass is 357 g/mol. The predicted octanol–water partition coefficient (Wildman–Crippen LogP) is 2.81. The number of hydrogen-bond donors (Lipinski definition) is 1. The summed E-state index contributed by atoms with van der Waals surface area (Å²) in [5.74, 6) is 0.406. The Balaban J connectivity index is 1.85. The van der Waals surface area contributed by atoms with Crippen molar-refractivity contribution in [1.29, 1.82) is 0 Å². The van der Waals surface area contributed by atoms with Gasteiger partial charge in [0.05, 0.1) is 22.7 Å². The van der Waals surface area contributed by atoms with Gasteiger partial charge in [0.2, 0.25) is 0 Å². The first kappa shape index (κ1) is 17.1. The number of pyridine rings is 1. The number of aryl methyl sites for hydroxylation is 2. The van der Waals surface area contributed by atoms with Crippen LogP contribution in [0.1, 0.15) is 27.3 Å². The van der Waals surface area contributed by atoms with Gasteiger partial charge in [-0.1, -0.05) is 10.3 Å². The van der Waals surface area contributed by atoms with Crippen molar-refractivity contribution in [2.45, 2.75) is 20.4 Å². The SMILES string of the molecule is Cc1csc(-c2ccc(C(=O)NCc3nonc3C)c(N(C)C)n2)c1. The van der Waals surface area contributed by atoms with E-state index in [2.05, 4.69) is 43.6 Å². The first-order valence-electron chi connectivity index (χ1n) is 7.76. The zero-order chi connectivity index (χ0) is 18.0. The second kappa shape index (κ2) is 7.02. The van der Waals surface area contributed by atoms with Crippen LogP contribution >= 0.6 is 11.3 Å². The number of nitrogens with one attached hydrogen (secondary N) is 1. The predicted molar refractivity (Wildman–Crippen MR) is 96.8 cm³/mol. The van der Waals surface area contributed by atoms with Gasteiger partial charge in [-0.05, 0) is 43.0 Å². The quantitative estimate of drug-likeness (QED) is 0.756. The molecule has 1 N–H and O–H groups in total. The van der Waals surface area contributed by atoms with E-state index in [0.29, 0.717) is 22.8 Å². The van der Waals surface area contributed by atoms with Gasteiger partial charge >= 0.3 is 0 Å². The van der Waals surface area contributed by atoms with Crippen LogP contribution in [-0.2, 0) is 6.54 Å². The average molecular weight is 357 g/mol. The summed E-state index contributed by atoms with van der Waals surface area (Å²) >= 11 is 1.64. The minimum Gasteiger partial charge on any atom is -0.362 e. The molecule has 3 aromatic heterocycles. The van der Waals surface area contributed by atoms with Gasteiger partial charge in [0.25, 0.3) is 5.91 Å². The summed E-state index contributed by atoms with van der Waals surface area (Å²) in [6.07, 6.45) is 0. The molecule has 3 rings (SSSR count). The Morgan fingerprint density at radius 1 is 1.28 bits per heavy atom. The van der Waals surface area contributed by atoms with Crippen LogP contribution in [0.2, 0.25) is 0 Å². The largest absolute Gasteiger partial charge is 0.362 e.